The van der Waals surface area contributed by atoms with E-state index in [1.54, 1.807) is 0 Å². The maximum atomic E-state index is 13.3. The van der Waals surface area contributed by atoms with E-state index < -0.39 is 35.4 Å². The van der Waals surface area contributed by atoms with Crippen molar-refractivity contribution in [2.45, 2.75) is 85.1 Å². The Hall–Kier alpha value is -3.69. The Balaban J connectivity index is 0.000000397. The van der Waals surface area contributed by atoms with Crippen LogP contribution < -0.4 is 14.8 Å². The van der Waals surface area contributed by atoms with Crippen LogP contribution in [0.1, 0.15) is 79.8 Å². The SMILES string of the molecule is CCCC(CCC)(Cc1ccc(C)cc1)C(=O)NCc1cc(C(F)(F)F)cc(C(F)(F)F)c1.CCc1ccc2c(c1)OCO2. The minimum atomic E-state index is -4.93. The molecule has 1 amide bonds. The minimum Gasteiger partial charge on any atom is -0.454 e. The zero-order valence-corrected chi connectivity index (χ0v) is 25.4. The van der Waals surface area contributed by atoms with E-state index in [0.29, 0.717) is 51.0 Å². The highest BCUT2D eigenvalue weighted by molar-refractivity contribution is 5.83. The van der Waals surface area contributed by atoms with Crippen LogP contribution in [0, 0.1) is 12.3 Å². The van der Waals surface area contributed by atoms with Crippen molar-refractivity contribution < 1.29 is 40.6 Å². The highest BCUT2D eigenvalue weighted by atomic mass is 19.4. The smallest absolute Gasteiger partial charge is 0.416 e. The van der Waals surface area contributed by atoms with Crippen molar-refractivity contribution >= 4 is 5.91 Å². The van der Waals surface area contributed by atoms with Crippen molar-refractivity contribution in [2.24, 2.45) is 5.41 Å². The molecule has 0 fully saturated rings. The lowest BCUT2D eigenvalue weighted by molar-refractivity contribution is -0.143. The third-order valence-corrected chi connectivity index (χ3v) is 7.55. The molecule has 0 saturated heterocycles. The monoisotopic (exact) mass is 623 g/mol. The van der Waals surface area contributed by atoms with Gasteiger partial charge in [0.25, 0.3) is 0 Å². The van der Waals surface area contributed by atoms with E-state index in [0.717, 1.165) is 29.0 Å². The number of benzene rings is 3. The Bertz CT molecular complexity index is 1340. The molecule has 0 bridgehead atoms. The molecule has 44 heavy (non-hydrogen) atoms. The van der Waals surface area contributed by atoms with Gasteiger partial charge in [-0.05, 0) is 79.6 Å². The minimum absolute atomic E-state index is 0.0845. The molecule has 0 aliphatic carbocycles. The van der Waals surface area contributed by atoms with Crippen LogP contribution in [0.4, 0.5) is 26.3 Å². The molecule has 1 N–H and O–H groups in total. The molecular weight excluding hydrogens is 584 g/mol. The van der Waals surface area contributed by atoms with Crippen LogP contribution >= 0.6 is 0 Å². The van der Waals surface area contributed by atoms with Crippen LogP contribution in [0.25, 0.3) is 0 Å². The maximum Gasteiger partial charge on any atom is 0.416 e. The van der Waals surface area contributed by atoms with Crippen LogP contribution in [0.15, 0.2) is 60.7 Å². The van der Waals surface area contributed by atoms with Gasteiger partial charge in [-0.15, -0.1) is 0 Å². The summed E-state index contributed by atoms with van der Waals surface area (Å²) in [5.41, 5.74) is -0.519. The number of aryl methyl sites for hydroxylation is 2. The molecule has 0 spiro atoms. The molecule has 0 atom stereocenters. The van der Waals surface area contributed by atoms with E-state index in [9.17, 15) is 31.1 Å². The molecule has 0 unspecified atom stereocenters. The van der Waals surface area contributed by atoms with Gasteiger partial charge >= 0.3 is 12.4 Å². The van der Waals surface area contributed by atoms with Gasteiger partial charge in [0.05, 0.1) is 16.5 Å². The number of ether oxygens (including phenoxy) is 2. The Morgan fingerprint density at radius 2 is 1.27 bits per heavy atom. The van der Waals surface area contributed by atoms with Gasteiger partial charge in [-0.2, -0.15) is 26.3 Å². The van der Waals surface area contributed by atoms with Gasteiger partial charge in [0.2, 0.25) is 12.7 Å². The number of alkyl halides is 6. The van der Waals surface area contributed by atoms with E-state index in [1.807, 2.05) is 57.2 Å². The quantitative estimate of drug-likeness (QED) is 0.229. The Labute approximate surface area is 254 Å². The van der Waals surface area contributed by atoms with Crippen LogP contribution in [-0.4, -0.2) is 12.7 Å². The topological polar surface area (TPSA) is 47.6 Å². The van der Waals surface area contributed by atoms with Gasteiger partial charge in [-0.3, -0.25) is 4.79 Å². The third-order valence-electron chi connectivity index (χ3n) is 7.55. The van der Waals surface area contributed by atoms with Crippen LogP contribution in [-0.2, 0) is 36.5 Å². The van der Waals surface area contributed by atoms with E-state index in [4.69, 9.17) is 9.47 Å². The zero-order valence-electron chi connectivity index (χ0n) is 25.4. The Kier molecular flexibility index (Phi) is 11.8. The van der Waals surface area contributed by atoms with Crippen molar-refractivity contribution in [3.63, 3.8) is 0 Å². The molecule has 1 aliphatic rings. The molecule has 10 heteroatoms. The van der Waals surface area contributed by atoms with Gasteiger partial charge in [0.1, 0.15) is 0 Å². The summed E-state index contributed by atoms with van der Waals surface area (Å²) in [5, 5.41) is 2.62. The highest BCUT2D eigenvalue weighted by Crippen LogP contribution is 2.38. The molecule has 0 aromatic heterocycles. The van der Waals surface area contributed by atoms with E-state index in [1.165, 1.54) is 5.56 Å². The van der Waals surface area contributed by atoms with Crippen molar-refractivity contribution in [2.75, 3.05) is 6.79 Å². The first-order valence-electron chi connectivity index (χ1n) is 14.7. The number of fused-ring (bicyclic) bond motifs is 1. The molecular formula is C34H39F6NO3. The molecule has 3 aromatic carbocycles. The number of hydrogen-bond donors (Lipinski definition) is 1. The molecule has 1 aliphatic heterocycles. The second kappa shape index (κ2) is 14.9. The summed E-state index contributed by atoms with van der Waals surface area (Å²) in [6, 6.07) is 15.2. The first-order chi connectivity index (χ1) is 20.7. The largest absolute Gasteiger partial charge is 0.454 e. The Morgan fingerprint density at radius 1 is 0.727 bits per heavy atom. The fraction of sp³-hybridized carbons (Fsp3) is 0.441. The van der Waals surface area contributed by atoms with E-state index >= 15 is 0 Å². The number of carbonyl (C=O) groups excluding carboxylic acids is 1. The molecule has 4 nitrogen and oxygen atoms in total. The van der Waals surface area contributed by atoms with Gasteiger partial charge in [0, 0.05) is 6.54 Å². The average molecular weight is 624 g/mol. The standard InChI is InChI=1S/C25H29F6NO.C9H10O2/c1-4-10-23(11-5-2,15-18-8-6-17(3)7-9-18)22(33)32-16-19-12-20(24(26,27)28)14-21(13-19)25(29,30)31;1-2-7-3-4-8-9(5-7)11-6-10-8/h6-9,12-14H,4-5,10-11,15-16H2,1-3H3,(H,32,33);3-5H,2,6H2,1H3. The maximum absolute atomic E-state index is 13.3. The predicted molar refractivity (Wildman–Crippen MR) is 157 cm³/mol. The molecule has 4 rings (SSSR count). The zero-order chi connectivity index (χ0) is 32.5. The third kappa shape index (κ3) is 9.40. The summed E-state index contributed by atoms with van der Waals surface area (Å²) in [4.78, 5) is 13.3. The fourth-order valence-corrected chi connectivity index (χ4v) is 5.31. The fourth-order valence-electron chi connectivity index (χ4n) is 5.31. The van der Waals surface area contributed by atoms with Crippen LogP contribution in [0.2, 0.25) is 0 Å². The van der Waals surface area contributed by atoms with Crippen molar-refractivity contribution in [3.05, 3.63) is 94.0 Å². The lowest BCUT2D eigenvalue weighted by Gasteiger charge is -2.32. The molecule has 1 heterocycles. The lowest BCUT2D eigenvalue weighted by Crippen LogP contribution is -2.42. The number of carbonyl (C=O) groups is 1. The van der Waals surface area contributed by atoms with Crippen molar-refractivity contribution in [1.82, 2.24) is 5.32 Å². The normalized spacial score (nSPS) is 12.9. The number of halogens is 6. The van der Waals surface area contributed by atoms with Crippen LogP contribution in [0.3, 0.4) is 0 Å². The Morgan fingerprint density at radius 3 is 1.80 bits per heavy atom. The van der Waals surface area contributed by atoms with Crippen molar-refractivity contribution in [1.29, 1.82) is 0 Å². The summed E-state index contributed by atoms with van der Waals surface area (Å²) in [6.07, 6.45) is -5.86. The summed E-state index contributed by atoms with van der Waals surface area (Å²) >= 11 is 0. The second-order valence-corrected chi connectivity index (χ2v) is 11.1. The summed E-state index contributed by atoms with van der Waals surface area (Å²) in [5.74, 6) is 1.38. The second-order valence-electron chi connectivity index (χ2n) is 11.1. The number of amides is 1. The first kappa shape index (κ1) is 34.8. The average Bonchev–Trinajstić information content (AvgIpc) is 3.44. The van der Waals surface area contributed by atoms with Crippen molar-refractivity contribution in [3.8, 4) is 11.5 Å². The lowest BCUT2D eigenvalue weighted by atomic mass is 9.73. The molecule has 3 aromatic rings. The molecule has 0 saturated carbocycles. The van der Waals surface area contributed by atoms with E-state index in [-0.39, 0.29) is 17.5 Å². The first-order valence-corrected chi connectivity index (χ1v) is 14.7. The van der Waals surface area contributed by atoms with Gasteiger partial charge < -0.3 is 14.8 Å². The number of nitrogens with one attached hydrogen (secondary N) is 1. The predicted octanol–water partition coefficient (Wildman–Crippen LogP) is 9.46. The molecule has 0 radical (unpaired) electrons. The number of hydrogen-bond acceptors (Lipinski definition) is 3. The van der Waals surface area contributed by atoms with Gasteiger partial charge in [0.15, 0.2) is 11.5 Å². The summed E-state index contributed by atoms with van der Waals surface area (Å²) in [7, 11) is 0. The van der Waals surface area contributed by atoms with Gasteiger partial charge in [-0.25, -0.2) is 0 Å². The van der Waals surface area contributed by atoms with Gasteiger partial charge in [-0.1, -0.05) is 69.5 Å². The summed E-state index contributed by atoms with van der Waals surface area (Å²) < 4.78 is 89.2. The number of rotatable bonds is 10. The molecule has 240 valence electrons. The highest BCUT2D eigenvalue weighted by Gasteiger charge is 2.38. The summed E-state index contributed by atoms with van der Waals surface area (Å²) in [6.45, 7) is 7.89. The van der Waals surface area contributed by atoms with E-state index in [2.05, 4.69) is 18.3 Å². The van der Waals surface area contributed by atoms with Crippen LogP contribution in [0.5, 0.6) is 11.5 Å².